The van der Waals surface area contributed by atoms with Gasteiger partial charge in [0.2, 0.25) is 5.91 Å². The van der Waals surface area contributed by atoms with E-state index in [0.29, 0.717) is 18.5 Å². The normalized spacial score (nSPS) is 24.7. The summed E-state index contributed by atoms with van der Waals surface area (Å²) in [4.78, 5) is 20.8. The molecule has 4 rings (SSSR count). The summed E-state index contributed by atoms with van der Waals surface area (Å²) in [6, 6.07) is 9.31. The van der Waals surface area contributed by atoms with E-state index in [0.717, 1.165) is 23.9 Å². The van der Waals surface area contributed by atoms with Gasteiger partial charge in [-0.15, -0.1) is 0 Å². The van der Waals surface area contributed by atoms with Crippen LogP contribution in [0.25, 0.3) is 10.9 Å². The maximum absolute atomic E-state index is 12.9. The van der Waals surface area contributed by atoms with E-state index in [2.05, 4.69) is 22.0 Å². The Labute approximate surface area is 150 Å². The molecule has 0 bridgehead atoms. The van der Waals surface area contributed by atoms with Crippen LogP contribution in [-0.4, -0.2) is 52.9 Å². The number of amides is 1. The number of likely N-dealkylation sites (N-methyl/N-ethyl adjacent to an activating group) is 1. The summed E-state index contributed by atoms with van der Waals surface area (Å²) in [5.41, 5.74) is 2.22. The van der Waals surface area contributed by atoms with Crippen LogP contribution < -0.4 is 0 Å². The number of carbonyl (C=O) groups excluding carboxylic acids is 1. The molecule has 2 heterocycles. The van der Waals surface area contributed by atoms with E-state index in [1.807, 2.05) is 30.3 Å². The minimum Gasteiger partial charge on any atom is -0.361 e. The molecule has 1 N–H and O–H groups in total. The van der Waals surface area contributed by atoms with Crippen LogP contribution in [0.3, 0.4) is 0 Å². The highest BCUT2D eigenvalue weighted by atomic mass is 16.2. The van der Waals surface area contributed by atoms with Crippen molar-refractivity contribution in [2.75, 3.05) is 20.1 Å². The number of fused-ring (bicyclic) bond motifs is 1. The van der Waals surface area contributed by atoms with Gasteiger partial charge in [-0.3, -0.25) is 4.79 Å². The molecular weight excluding hydrogens is 310 g/mol. The number of aromatic amines is 1. The number of benzene rings is 1. The van der Waals surface area contributed by atoms with Gasteiger partial charge in [0.25, 0.3) is 0 Å². The molecule has 25 heavy (non-hydrogen) atoms. The average Bonchev–Trinajstić information content (AvgIpc) is 3.32. The Morgan fingerprint density at radius 3 is 2.84 bits per heavy atom. The van der Waals surface area contributed by atoms with Crippen LogP contribution in [0.4, 0.5) is 0 Å². The van der Waals surface area contributed by atoms with Crippen molar-refractivity contribution in [1.82, 2.24) is 14.8 Å². The number of likely N-dealkylation sites (tertiary alicyclic amines) is 1. The largest absolute Gasteiger partial charge is 0.361 e. The van der Waals surface area contributed by atoms with Crippen molar-refractivity contribution < 1.29 is 4.79 Å². The van der Waals surface area contributed by atoms with E-state index in [-0.39, 0.29) is 5.91 Å². The third-order valence-electron chi connectivity index (χ3n) is 6.23. The van der Waals surface area contributed by atoms with Gasteiger partial charge in [-0.1, -0.05) is 18.2 Å². The van der Waals surface area contributed by atoms with Gasteiger partial charge in [0.05, 0.1) is 6.42 Å². The minimum atomic E-state index is 0.247. The minimum absolute atomic E-state index is 0.247. The average molecular weight is 339 g/mol. The Morgan fingerprint density at radius 2 is 2.00 bits per heavy atom. The Morgan fingerprint density at radius 1 is 1.20 bits per heavy atom. The second-order valence-electron chi connectivity index (χ2n) is 7.76. The predicted molar refractivity (Wildman–Crippen MR) is 102 cm³/mol. The van der Waals surface area contributed by atoms with Crippen molar-refractivity contribution in [3.63, 3.8) is 0 Å². The molecule has 2 aliphatic rings. The van der Waals surface area contributed by atoms with E-state index in [1.54, 1.807) is 0 Å². The topological polar surface area (TPSA) is 39.3 Å². The molecule has 1 aromatic heterocycles. The van der Waals surface area contributed by atoms with Crippen LogP contribution in [0, 0.1) is 0 Å². The molecule has 2 aromatic rings. The Kier molecular flexibility index (Phi) is 4.80. The quantitative estimate of drug-likeness (QED) is 0.925. The zero-order valence-corrected chi connectivity index (χ0v) is 15.2. The molecule has 1 aliphatic heterocycles. The smallest absolute Gasteiger partial charge is 0.227 e. The van der Waals surface area contributed by atoms with Gasteiger partial charge >= 0.3 is 0 Å². The standard InChI is InChI=1S/C21H29N3O/c1-23(17-7-6-8-18(14-17)24-11-4-5-12-24)21(25)13-16-15-22-20-10-3-2-9-19(16)20/h2-3,9-10,15,17-18,22H,4-8,11-14H2,1H3/t17-,18-/m1/s1. The highest BCUT2D eigenvalue weighted by Gasteiger charge is 2.31. The first-order valence-corrected chi connectivity index (χ1v) is 9.77. The van der Waals surface area contributed by atoms with Crippen molar-refractivity contribution in [1.29, 1.82) is 0 Å². The molecule has 0 unspecified atom stereocenters. The van der Waals surface area contributed by atoms with E-state index < -0.39 is 0 Å². The molecular formula is C21H29N3O. The number of para-hydroxylation sites is 1. The summed E-state index contributed by atoms with van der Waals surface area (Å²) in [5.74, 6) is 0.247. The molecule has 2 fully saturated rings. The number of carbonyl (C=O) groups is 1. The second-order valence-corrected chi connectivity index (χ2v) is 7.76. The predicted octanol–water partition coefficient (Wildman–Crippen LogP) is 3.58. The van der Waals surface area contributed by atoms with E-state index in [4.69, 9.17) is 0 Å². The number of rotatable bonds is 4. The van der Waals surface area contributed by atoms with Crippen LogP contribution >= 0.6 is 0 Å². The number of nitrogens with zero attached hydrogens (tertiary/aromatic N) is 2. The van der Waals surface area contributed by atoms with Gasteiger partial charge in [0.1, 0.15) is 0 Å². The van der Waals surface area contributed by atoms with Crippen LogP contribution in [0.2, 0.25) is 0 Å². The summed E-state index contributed by atoms with van der Waals surface area (Å²) < 4.78 is 0. The summed E-state index contributed by atoms with van der Waals surface area (Å²) in [6.45, 7) is 2.51. The fourth-order valence-electron chi connectivity index (χ4n) is 4.70. The molecule has 4 nitrogen and oxygen atoms in total. The van der Waals surface area contributed by atoms with E-state index in [9.17, 15) is 4.79 Å². The Hall–Kier alpha value is -1.81. The molecule has 2 atom stereocenters. The number of nitrogens with one attached hydrogen (secondary N) is 1. The van der Waals surface area contributed by atoms with Crippen LogP contribution in [-0.2, 0) is 11.2 Å². The van der Waals surface area contributed by atoms with E-state index in [1.165, 1.54) is 44.2 Å². The number of hydrogen-bond acceptors (Lipinski definition) is 2. The zero-order chi connectivity index (χ0) is 17.2. The molecule has 1 aromatic carbocycles. The molecule has 1 saturated carbocycles. The molecule has 1 saturated heterocycles. The molecule has 134 valence electrons. The van der Waals surface area contributed by atoms with Gasteiger partial charge in [0, 0.05) is 36.2 Å². The van der Waals surface area contributed by atoms with Gasteiger partial charge in [0.15, 0.2) is 0 Å². The lowest BCUT2D eigenvalue weighted by Gasteiger charge is -2.39. The van der Waals surface area contributed by atoms with Crippen molar-refractivity contribution in [3.8, 4) is 0 Å². The third-order valence-corrected chi connectivity index (χ3v) is 6.23. The van der Waals surface area contributed by atoms with Crippen LogP contribution in [0.5, 0.6) is 0 Å². The van der Waals surface area contributed by atoms with Crippen molar-refractivity contribution >= 4 is 16.8 Å². The number of aromatic nitrogens is 1. The van der Waals surface area contributed by atoms with Crippen molar-refractivity contribution in [2.45, 2.75) is 57.0 Å². The van der Waals surface area contributed by atoms with Gasteiger partial charge in [-0.25, -0.2) is 0 Å². The maximum atomic E-state index is 12.9. The lowest BCUT2D eigenvalue weighted by Crippen LogP contribution is -2.46. The third kappa shape index (κ3) is 3.45. The van der Waals surface area contributed by atoms with Gasteiger partial charge in [-0.2, -0.15) is 0 Å². The molecule has 0 radical (unpaired) electrons. The SMILES string of the molecule is CN(C(=O)Cc1c[nH]c2ccccc12)[C@@H]1CCC[C@@H](N2CCCC2)C1. The molecule has 0 spiro atoms. The zero-order valence-electron chi connectivity index (χ0n) is 15.2. The first kappa shape index (κ1) is 16.6. The van der Waals surface area contributed by atoms with Crippen molar-refractivity contribution in [3.05, 3.63) is 36.0 Å². The number of hydrogen-bond donors (Lipinski definition) is 1. The first-order chi connectivity index (χ1) is 12.2. The van der Waals surface area contributed by atoms with Gasteiger partial charge < -0.3 is 14.8 Å². The monoisotopic (exact) mass is 339 g/mol. The van der Waals surface area contributed by atoms with Crippen LogP contribution in [0.15, 0.2) is 30.5 Å². The summed E-state index contributed by atoms with van der Waals surface area (Å²) in [5, 5.41) is 1.17. The van der Waals surface area contributed by atoms with Crippen molar-refractivity contribution in [2.24, 2.45) is 0 Å². The van der Waals surface area contributed by atoms with Gasteiger partial charge in [-0.05, 0) is 63.2 Å². The summed E-state index contributed by atoms with van der Waals surface area (Å²) >= 11 is 0. The Balaban J connectivity index is 1.41. The molecule has 4 heteroatoms. The fraction of sp³-hybridized carbons (Fsp3) is 0.571. The van der Waals surface area contributed by atoms with E-state index >= 15 is 0 Å². The molecule has 1 amide bonds. The number of H-pyrrole nitrogens is 1. The summed E-state index contributed by atoms with van der Waals surface area (Å²) in [6.07, 6.45) is 10.0. The lowest BCUT2D eigenvalue weighted by molar-refractivity contribution is -0.132. The summed E-state index contributed by atoms with van der Waals surface area (Å²) in [7, 11) is 2.01. The second kappa shape index (κ2) is 7.20. The highest BCUT2D eigenvalue weighted by molar-refractivity contribution is 5.88. The Bertz CT molecular complexity index is 732. The lowest BCUT2D eigenvalue weighted by atomic mass is 9.89. The van der Waals surface area contributed by atoms with Crippen LogP contribution in [0.1, 0.15) is 44.1 Å². The highest BCUT2D eigenvalue weighted by Crippen LogP contribution is 2.29. The maximum Gasteiger partial charge on any atom is 0.227 e. The molecule has 1 aliphatic carbocycles. The fourth-order valence-corrected chi connectivity index (χ4v) is 4.70. The first-order valence-electron chi connectivity index (χ1n) is 9.77.